The smallest absolute Gasteiger partial charge is 0.265 e. The van der Waals surface area contributed by atoms with E-state index in [0.717, 1.165) is 5.56 Å². The van der Waals surface area contributed by atoms with Gasteiger partial charge < -0.3 is 9.26 Å². The van der Waals surface area contributed by atoms with Crippen LogP contribution in [0.5, 0.6) is 5.75 Å². The number of benzene rings is 2. The van der Waals surface area contributed by atoms with Gasteiger partial charge in [0.15, 0.2) is 12.4 Å². The molecule has 0 radical (unpaired) electrons. The minimum Gasteiger partial charge on any atom is -0.482 e. The van der Waals surface area contributed by atoms with Crippen LogP contribution in [0.15, 0.2) is 59.1 Å². The Kier molecular flexibility index (Phi) is 4.00. The standard InChI is InChI=1S/C19H15N3O3/c23-19-13-24-16-9-5-4-8-15(16)22(19)12-17-20-18(25-21-17)11-10-14-6-2-1-3-7-14/h1-11H,12-13H2/b11-10+. The molecule has 2 heterocycles. The molecule has 6 nitrogen and oxygen atoms in total. The molecule has 0 N–H and O–H groups in total. The molecule has 0 bridgehead atoms. The second kappa shape index (κ2) is 6.60. The summed E-state index contributed by atoms with van der Waals surface area (Å²) in [7, 11) is 0. The molecular formula is C19H15N3O3. The Morgan fingerprint density at radius 2 is 1.84 bits per heavy atom. The molecule has 1 aromatic heterocycles. The van der Waals surface area contributed by atoms with Crippen LogP contribution in [0, 0.1) is 0 Å². The van der Waals surface area contributed by atoms with E-state index in [9.17, 15) is 4.79 Å². The summed E-state index contributed by atoms with van der Waals surface area (Å²) in [6, 6.07) is 17.2. The van der Waals surface area contributed by atoms with Gasteiger partial charge in [-0.2, -0.15) is 4.98 Å². The number of para-hydroxylation sites is 2. The highest BCUT2D eigenvalue weighted by Gasteiger charge is 2.26. The van der Waals surface area contributed by atoms with Crippen LogP contribution in [-0.2, 0) is 11.3 Å². The van der Waals surface area contributed by atoms with Gasteiger partial charge in [-0.3, -0.25) is 9.69 Å². The lowest BCUT2D eigenvalue weighted by atomic mass is 10.2. The number of fused-ring (bicyclic) bond motifs is 1. The summed E-state index contributed by atoms with van der Waals surface area (Å²) in [5, 5.41) is 3.96. The predicted octanol–water partition coefficient (Wildman–Crippen LogP) is 3.17. The molecule has 3 aromatic rings. The molecule has 0 spiro atoms. The van der Waals surface area contributed by atoms with E-state index >= 15 is 0 Å². The third-order valence-electron chi connectivity index (χ3n) is 3.81. The van der Waals surface area contributed by atoms with Crippen LogP contribution in [0.25, 0.3) is 12.2 Å². The summed E-state index contributed by atoms with van der Waals surface area (Å²) in [4.78, 5) is 18.1. The summed E-state index contributed by atoms with van der Waals surface area (Å²) in [5.74, 6) is 1.38. The van der Waals surface area contributed by atoms with Crippen molar-refractivity contribution >= 4 is 23.7 Å². The number of anilines is 1. The first-order valence-corrected chi connectivity index (χ1v) is 7.87. The number of aromatic nitrogens is 2. The highest BCUT2D eigenvalue weighted by atomic mass is 16.5. The largest absolute Gasteiger partial charge is 0.482 e. The van der Waals surface area contributed by atoms with Crippen molar-refractivity contribution in [3.05, 3.63) is 71.9 Å². The topological polar surface area (TPSA) is 68.5 Å². The number of ether oxygens (including phenoxy) is 1. The number of carbonyl (C=O) groups is 1. The molecule has 1 aliphatic heterocycles. The molecule has 2 aromatic carbocycles. The van der Waals surface area contributed by atoms with Crippen LogP contribution < -0.4 is 9.64 Å². The summed E-state index contributed by atoms with van der Waals surface area (Å²) in [5.41, 5.74) is 1.75. The number of nitrogens with zero attached hydrogens (tertiary/aromatic N) is 3. The Morgan fingerprint density at radius 1 is 1.04 bits per heavy atom. The van der Waals surface area contributed by atoms with Gasteiger partial charge in [0.1, 0.15) is 5.75 Å². The fourth-order valence-electron chi connectivity index (χ4n) is 2.60. The molecule has 0 unspecified atom stereocenters. The van der Waals surface area contributed by atoms with E-state index < -0.39 is 0 Å². The molecule has 0 saturated heterocycles. The van der Waals surface area contributed by atoms with Crippen molar-refractivity contribution in [3.63, 3.8) is 0 Å². The molecule has 6 heteroatoms. The average Bonchev–Trinajstić information content (AvgIpc) is 3.11. The third kappa shape index (κ3) is 3.28. The first kappa shape index (κ1) is 15.1. The molecule has 0 atom stereocenters. The average molecular weight is 333 g/mol. The lowest BCUT2D eigenvalue weighted by molar-refractivity contribution is -0.121. The summed E-state index contributed by atoms with van der Waals surface area (Å²) in [6.45, 7) is 0.248. The third-order valence-corrected chi connectivity index (χ3v) is 3.81. The minimum absolute atomic E-state index is 0.00956. The second-order valence-electron chi connectivity index (χ2n) is 5.53. The molecule has 1 aliphatic rings. The van der Waals surface area contributed by atoms with Gasteiger partial charge in [-0.1, -0.05) is 47.6 Å². The van der Waals surface area contributed by atoms with Crippen molar-refractivity contribution in [2.75, 3.05) is 11.5 Å². The Labute approximate surface area is 144 Å². The lowest BCUT2D eigenvalue weighted by Gasteiger charge is -2.28. The number of hydrogen-bond acceptors (Lipinski definition) is 5. The van der Waals surface area contributed by atoms with E-state index in [2.05, 4.69) is 10.1 Å². The van der Waals surface area contributed by atoms with Crippen LogP contribution in [0.4, 0.5) is 5.69 Å². The van der Waals surface area contributed by atoms with E-state index in [4.69, 9.17) is 9.26 Å². The zero-order valence-corrected chi connectivity index (χ0v) is 13.3. The highest BCUT2D eigenvalue weighted by Crippen LogP contribution is 2.32. The molecule has 4 rings (SSSR count). The van der Waals surface area contributed by atoms with E-state index in [1.807, 2.05) is 60.7 Å². The van der Waals surface area contributed by atoms with Gasteiger partial charge in [0.25, 0.3) is 11.8 Å². The van der Waals surface area contributed by atoms with E-state index in [-0.39, 0.29) is 19.1 Å². The van der Waals surface area contributed by atoms with Crippen molar-refractivity contribution in [3.8, 4) is 5.75 Å². The maximum atomic E-state index is 12.2. The maximum absolute atomic E-state index is 12.2. The van der Waals surface area contributed by atoms with Gasteiger partial charge in [0.05, 0.1) is 12.2 Å². The Balaban J connectivity index is 1.52. The van der Waals surface area contributed by atoms with Gasteiger partial charge in [0.2, 0.25) is 0 Å². The molecule has 25 heavy (non-hydrogen) atoms. The fourth-order valence-corrected chi connectivity index (χ4v) is 2.60. The molecule has 1 amide bonds. The minimum atomic E-state index is -0.134. The molecular weight excluding hydrogens is 318 g/mol. The second-order valence-corrected chi connectivity index (χ2v) is 5.53. The molecule has 0 aliphatic carbocycles. The van der Waals surface area contributed by atoms with Gasteiger partial charge in [-0.05, 0) is 23.8 Å². The van der Waals surface area contributed by atoms with Crippen molar-refractivity contribution in [1.82, 2.24) is 10.1 Å². The van der Waals surface area contributed by atoms with Crippen LogP contribution in [0.3, 0.4) is 0 Å². The van der Waals surface area contributed by atoms with Crippen molar-refractivity contribution in [2.24, 2.45) is 0 Å². The van der Waals surface area contributed by atoms with E-state index in [0.29, 0.717) is 23.2 Å². The summed E-state index contributed by atoms with van der Waals surface area (Å²) in [6.07, 6.45) is 3.65. The van der Waals surface area contributed by atoms with Gasteiger partial charge in [-0.15, -0.1) is 0 Å². The highest BCUT2D eigenvalue weighted by molar-refractivity contribution is 5.97. The van der Waals surface area contributed by atoms with Crippen LogP contribution in [-0.4, -0.2) is 22.7 Å². The summed E-state index contributed by atoms with van der Waals surface area (Å²) >= 11 is 0. The number of amides is 1. The Hall–Kier alpha value is -3.41. The molecule has 124 valence electrons. The number of rotatable bonds is 4. The van der Waals surface area contributed by atoms with Gasteiger partial charge in [0, 0.05) is 6.08 Å². The van der Waals surface area contributed by atoms with Crippen molar-refractivity contribution in [1.29, 1.82) is 0 Å². The van der Waals surface area contributed by atoms with E-state index in [1.54, 1.807) is 11.0 Å². The first-order chi connectivity index (χ1) is 12.3. The Bertz CT molecular complexity index is 918. The van der Waals surface area contributed by atoms with Crippen molar-refractivity contribution in [2.45, 2.75) is 6.54 Å². The van der Waals surface area contributed by atoms with Crippen molar-refractivity contribution < 1.29 is 14.1 Å². The van der Waals surface area contributed by atoms with Crippen LogP contribution >= 0.6 is 0 Å². The first-order valence-electron chi connectivity index (χ1n) is 7.87. The zero-order chi connectivity index (χ0) is 17.1. The molecule has 0 saturated carbocycles. The van der Waals surface area contributed by atoms with E-state index in [1.165, 1.54) is 0 Å². The normalized spacial score (nSPS) is 13.8. The zero-order valence-electron chi connectivity index (χ0n) is 13.3. The fraction of sp³-hybridized carbons (Fsp3) is 0.105. The van der Waals surface area contributed by atoms with Crippen LogP contribution in [0.2, 0.25) is 0 Å². The predicted molar refractivity (Wildman–Crippen MR) is 92.8 cm³/mol. The SMILES string of the molecule is O=C1COc2ccccc2N1Cc1noc(/C=C/c2ccccc2)n1. The van der Waals surface area contributed by atoms with Crippen LogP contribution in [0.1, 0.15) is 17.3 Å². The number of carbonyl (C=O) groups excluding carboxylic acids is 1. The number of hydrogen-bond donors (Lipinski definition) is 0. The quantitative estimate of drug-likeness (QED) is 0.733. The van der Waals surface area contributed by atoms with Gasteiger partial charge in [-0.25, -0.2) is 0 Å². The summed E-state index contributed by atoms with van der Waals surface area (Å²) < 4.78 is 10.7. The maximum Gasteiger partial charge on any atom is 0.265 e. The molecule has 0 fully saturated rings. The van der Waals surface area contributed by atoms with Gasteiger partial charge >= 0.3 is 0 Å². The lowest BCUT2D eigenvalue weighted by Crippen LogP contribution is -2.38. The monoisotopic (exact) mass is 333 g/mol. The Morgan fingerprint density at radius 3 is 2.72 bits per heavy atom.